The van der Waals surface area contributed by atoms with Crippen LogP contribution in [0.4, 0.5) is 0 Å². The number of hydrogen-bond donors (Lipinski definition) is 1. The molecule has 1 aromatic carbocycles. The molecule has 2 saturated heterocycles. The first kappa shape index (κ1) is 18.0. The third-order valence-electron chi connectivity index (χ3n) is 5.20. The quantitative estimate of drug-likeness (QED) is 0.779. The van der Waals surface area contributed by atoms with Gasteiger partial charge in [-0.1, -0.05) is 24.6 Å². The van der Waals surface area contributed by atoms with E-state index in [1.165, 1.54) is 32.4 Å². The molecule has 1 unspecified atom stereocenters. The van der Waals surface area contributed by atoms with Gasteiger partial charge in [-0.3, -0.25) is 4.90 Å². The number of likely N-dealkylation sites (tertiary alicyclic amines) is 2. The molecule has 1 aromatic rings. The topological polar surface area (TPSA) is 35.9 Å². The SMILES string of the molecule is C[C@H](CN1CCCC1)C(O)c1ccc(OCCN2CCC2)c(Cl)c1. The lowest BCUT2D eigenvalue weighted by molar-refractivity contribution is 0.0945. The van der Waals surface area contributed by atoms with E-state index in [2.05, 4.69) is 16.7 Å². The summed E-state index contributed by atoms with van der Waals surface area (Å²) in [5.74, 6) is 0.901. The van der Waals surface area contributed by atoms with Crippen LogP contribution in [0, 0.1) is 5.92 Å². The highest BCUT2D eigenvalue weighted by atomic mass is 35.5. The Kier molecular flexibility index (Phi) is 6.39. The first-order valence-electron chi connectivity index (χ1n) is 9.18. The van der Waals surface area contributed by atoms with Crippen LogP contribution in [0.2, 0.25) is 5.02 Å². The number of hydrogen-bond acceptors (Lipinski definition) is 4. The Morgan fingerprint density at radius 1 is 1.12 bits per heavy atom. The molecule has 24 heavy (non-hydrogen) atoms. The Bertz CT molecular complexity index is 530. The van der Waals surface area contributed by atoms with Crippen molar-refractivity contribution in [3.8, 4) is 5.75 Å². The summed E-state index contributed by atoms with van der Waals surface area (Å²) in [6.45, 7) is 9.32. The van der Waals surface area contributed by atoms with E-state index in [4.69, 9.17) is 16.3 Å². The van der Waals surface area contributed by atoms with Crippen LogP contribution in [0.25, 0.3) is 0 Å². The van der Waals surface area contributed by atoms with Gasteiger partial charge < -0.3 is 14.7 Å². The van der Waals surface area contributed by atoms with Crippen LogP contribution in [0.1, 0.15) is 37.9 Å². The normalized spacial score (nSPS) is 21.5. The molecule has 0 radical (unpaired) electrons. The molecule has 0 bridgehead atoms. The van der Waals surface area contributed by atoms with Crippen LogP contribution < -0.4 is 4.74 Å². The van der Waals surface area contributed by atoms with Gasteiger partial charge in [-0.25, -0.2) is 0 Å². The Morgan fingerprint density at radius 3 is 2.46 bits per heavy atom. The molecular weight excluding hydrogens is 324 g/mol. The van der Waals surface area contributed by atoms with E-state index in [1.807, 2.05) is 18.2 Å². The third kappa shape index (κ3) is 4.63. The average molecular weight is 353 g/mol. The molecule has 2 aliphatic rings. The molecule has 2 aliphatic heterocycles. The van der Waals surface area contributed by atoms with Crippen molar-refractivity contribution < 1.29 is 9.84 Å². The lowest BCUT2D eigenvalue weighted by Crippen LogP contribution is -2.39. The summed E-state index contributed by atoms with van der Waals surface area (Å²) in [6, 6.07) is 5.68. The lowest BCUT2D eigenvalue weighted by atomic mass is 9.97. The second-order valence-electron chi connectivity index (χ2n) is 7.16. The van der Waals surface area contributed by atoms with Crippen molar-refractivity contribution in [1.29, 1.82) is 0 Å². The largest absolute Gasteiger partial charge is 0.491 e. The maximum Gasteiger partial charge on any atom is 0.137 e. The fourth-order valence-electron chi connectivity index (χ4n) is 3.51. The van der Waals surface area contributed by atoms with Crippen molar-refractivity contribution in [2.75, 3.05) is 45.9 Å². The summed E-state index contributed by atoms with van der Waals surface area (Å²) in [5, 5.41) is 11.2. The molecule has 5 heteroatoms. The fourth-order valence-corrected chi connectivity index (χ4v) is 3.75. The molecule has 3 rings (SSSR count). The molecule has 1 N–H and O–H groups in total. The molecule has 0 aromatic heterocycles. The monoisotopic (exact) mass is 352 g/mol. The molecule has 0 saturated carbocycles. The molecule has 0 aliphatic carbocycles. The summed E-state index contributed by atoms with van der Waals surface area (Å²) in [6.07, 6.45) is 3.36. The lowest BCUT2D eigenvalue weighted by Gasteiger charge is -2.30. The second-order valence-corrected chi connectivity index (χ2v) is 7.57. The number of halogens is 1. The number of rotatable bonds is 8. The summed E-state index contributed by atoms with van der Waals surface area (Å²) < 4.78 is 5.78. The third-order valence-corrected chi connectivity index (χ3v) is 5.49. The van der Waals surface area contributed by atoms with E-state index in [9.17, 15) is 5.11 Å². The van der Waals surface area contributed by atoms with Gasteiger partial charge in [0.1, 0.15) is 12.4 Å². The zero-order valence-corrected chi connectivity index (χ0v) is 15.3. The highest BCUT2D eigenvalue weighted by Crippen LogP contribution is 2.31. The zero-order valence-electron chi connectivity index (χ0n) is 14.6. The van der Waals surface area contributed by atoms with Crippen molar-refractivity contribution in [3.05, 3.63) is 28.8 Å². The van der Waals surface area contributed by atoms with E-state index in [-0.39, 0.29) is 5.92 Å². The highest BCUT2D eigenvalue weighted by Gasteiger charge is 2.22. The van der Waals surface area contributed by atoms with Crippen LogP contribution in [0.3, 0.4) is 0 Å². The van der Waals surface area contributed by atoms with Crippen LogP contribution >= 0.6 is 11.6 Å². The predicted molar refractivity (Wildman–Crippen MR) is 97.8 cm³/mol. The molecule has 2 fully saturated rings. The van der Waals surface area contributed by atoms with Gasteiger partial charge in [0.15, 0.2) is 0 Å². The molecule has 134 valence electrons. The minimum atomic E-state index is -0.488. The van der Waals surface area contributed by atoms with E-state index in [0.29, 0.717) is 17.4 Å². The van der Waals surface area contributed by atoms with Gasteiger partial charge in [-0.2, -0.15) is 0 Å². The second kappa shape index (κ2) is 8.52. The Hall–Kier alpha value is -0.810. The maximum absolute atomic E-state index is 10.6. The van der Waals surface area contributed by atoms with Crippen molar-refractivity contribution in [2.24, 2.45) is 5.92 Å². The highest BCUT2D eigenvalue weighted by molar-refractivity contribution is 6.32. The summed E-state index contributed by atoms with van der Waals surface area (Å²) in [5.41, 5.74) is 0.877. The molecule has 0 spiro atoms. The van der Waals surface area contributed by atoms with Crippen LogP contribution in [-0.4, -0.2) is 60.8 Å². The number of aliphatic hydroxyl groups excluding tert-OH is 1. The van der Waals surface area contributed by atoms with Crippen molar-refractivity contribution in [1.82, 2.24) is 9.80 Å². The number of benzene rings is 1. The maximum atomic E-state index is 10.6. The summed E-state index contributed by atoms with van der Waals surface area (Å²) in [7, 11) is 0. The van der Waals surface area contributed by atoms with Gasteiger partial charge in [0.25, 0.3) is 0 Å². The van der Waals surface area contributed by atoms with Crippen LogP contribution in [0.15, 0.2) is 18.2 Å². The van der Waals surface area contributed by atoms with E-state index < -0.39 is 6.10 Å². The first-order chi connectivity index (χ1) is 11.6. The van der Waals surface area contributed by atoms with E-state index >= 15 is 0 Å². The molecule has 4 nitrogen and oxygen atoms in total. The summed E-state index contributed by atoms with van der Waals surface area (Å²) >= 11 is 6.35. The predicted octanol–water partition coefficient (Wildman–Crippen LogP) is 3.19. The van der Waals surface area contributed by atoms with Gasteiger partial charge in [-0.15, -0.1) is 0 Å². The van der Waals surface area contributed by atoms with E-state index in [0.717, 1.165) is 31.7 Å². The van der Waals surface area contributed by atoms with E-state index in [1.54, 1.807) is 0 Å². The van der Waals surface area contributed by atoms with Crippen LogP contribution in [-0.2, 0) is 0 Å². The minimum Gasteiger partial charge on any atom is -0.491 e. The van der Waals surface area contributed by atoms with Crippen LogP contribution in [0.5, 0.6) is 5.75 Å². The fraction of sp³-hybridized carbons (Fsp3) is 0.684. The molecule has 0 amide bonds. The number of ether oxygens (including phenoxy) is 1. The standard InChI is InChI=1S/C19H29ClN2O2/c1-15(14-22-7-2-3-8-22)19(23)16-5-6-18(17(20)13-16)24-12-11-21-9-4-10-21/h5-6,13,15,19,23H,2-4,7-12,14H2,1H3/t15-,19?/m1/s1. The molecular formula is C19H29ClN2O2. The van der Waals surface area contributed by atoms with Gasteiger partial charge in [0.05, 0.1) is 11.1 Å². The van der Waals surface area contributed by atoms with Crippen molar-refractivity contribution >= 4 is 11.6 Å². The number of nitrogens with zero attached hydrogens (tertiary/aromatic N) is 2. The zero-order chi connectivity index (χ0) is 16.9. The smallest absolute Gasteiger partial charge is 0.137 e. The van der Waals surface area contributed by atoms with Gasteiger partial charge in [0, 0.05) is 13.1 Å². The molecule has 2 heterocycles. The Labute approximate surface area is 150 Å². The Morgan fingerprint density at radius 2 is 1.83 bits per heavy atom. The molecule has 2 atom stereocenters. The Balaban J connectivity index is 1.51. The minimum absolute atomic E-state index is 0.192. The first-order valence-corrected chi connectivity index (χ1v) is 9.56. The van der Waals surface area contributed by atoms with Crippen molar-refractivity contribution in [3.63, 3.8) is 0 Å². The van der Waals surface area contributed by atoms with Gasteiger partial charge in [0.2, 0.25) is 0 Å². The van der Waals surface area contributed by atoms with Gasteiger partial charge in [-0.05, 0) is 69.1 Å². The van der Waals surface area contributed by atoms with Gasteiger partial charge >= 0.3 is 0 Å². The summed E-state index contributed by atoms with van der Waals surface area (Å²) in [4.78, 5) is 4.80. The number of aliphatic hydroxyl groups is 1. The average Bonchev–Trinajstić information content (AvgIpc) is 3.03. The van der Waals surface area contributed by atoms with Crippen molar-refractivity contribution in [2.45, 2.75) is 32.3 Å².